The Morgan fingerprint density at radius 3 is 2.22 bits per heavy atom. The minimum absolute atomic E-state index is 0.0128. The molecule has 170 valence electrons. The number of halogens is 5. The summed E-state index contributed by atoms with van der Waals surface area (Å²) in [4.78, 5) is 13.9. The highest BCUT2D eigenvalue weighted by Gasteiger charge is 2.36. The van der Waals surface area contributed by atoms with Gasteiger partial charge < -0.3 is 18.5 Å². The fourth-order valence-electron chi connectivity index (χ4n) is 3.35. The van der Waals surface area contributed by atoms with Crippen LogP contribution in [0, 0.1) is 35.0 Å². The van der Waals surface area contributed by atoms with Crippen molar-refractivity contribution in [3.8, 4) is 5.75 Å². The Morgan fingerprint density at radius 2 is 1.62 bits per heavy atom. The summed E-state index contributed by atoms with van der Waals surface area (Å²) >= 11 is 0. The van der Waals surface area contributed by atoms with E-state index in [0.717, 1.165) is 12.2 Å². The van der Waals surface area contributed by atoms with Crippen molar-refractivity contribution in [1.29, 1.82) is 0 Å². The summed E-state index contributed by atoms with van der Waals surface area (Å²) in [5.74, 6) is -10.7. The average molecular weight is 455 g/mol. The lowest BCUT2D eigenvalue weighted by Gasteiger charge is -2.21. The molecule has 0 saturated heterocycles. The first-order chi connectivity index (χ1) is 15.3. The van der Waals surface area contributed by atoms with Crippen molar-refractivity contribution in [2.45, 2.75) is 32.4 Å². The van der Waals surface area contributed by atoms with E-state index < -0.39 is 47.3 Å². The van der Waals surface area contributed by atoms with Gasteiger partial charge in [0.25, 0.3) is 5.91 Å². The lowest BCUT2D eigenvalue weighted by molar-refractivity contribution is -0.135. The van der Waals surface area contributed by atoms with Crippen molar-refractivity contribution >= 4 is 5.91 Å². The second kappa shape index (κ2) is 8.68. The van der Waals surface area contributed by atoms with Gasteiger partial charge in [-0.1, -0.05) is 6.92 Å². The predicted molar refractivity (Wildman–Crippen MR) is 99.9 cm³/mol. The number of rotatable bonds is 8. The smallest absolute Gasteiger partial charge is 0.261 e. The number of hydrogen-bond donors (Lipinski definition) is 0. The second-order valence-electron chi connectivity index (χ2n) is 7.64. The van der Waals surface area contributed by atoms with Crippen molar-refractivity contribution < 1.29 is 40.3 Å². The number of benzene rings is 1. The summed E-state index contributed by atoms with van der Waals surface area (Å²) in [6, 6.07) is 6.77. The molecule has 0 spiro atoms. The fourth-order valence-corrected chi connectivity index (χ4v) is 3.35. The highest BCUT2D eigenvalue weighted by Crippen LogP contribution is 2.47. The maximum Gasteiger partial charge on any atom is 0.261 e. The second-order valence-corrected chi connectivity index (χ2v) is 7.64. The number of carbonyl (C=O) groups is 1. The van der Waals surface area contributed by atoms with Crippen LogP contribution < -0.4 is 4.74 Å². The van der Waals surface area contributed by atoms with E-state index in [1.54, 1.807) is 18.2 Å². The van der Waals surface area contributed by atoms with Gasteiger partial charge in [-0.3, -0.25) is 4.79 Å². The summed E-state index contributed by atoms with van der Waals surface area (Å²) < 4.78 is 83.3. The largest absolute Gasteiger partial charge is 0.477 e. The molecule has 0 radical (unpaired) electrons. The van der Waals surface area contributed by atoms with Crippen molar-refractivity contribution in [1.82, 2.24) is 4.90 Å². The highest BCUT2D eigenvalue weighted by atomic mass is 19.2. The summed E-state index contributed by atoms with van der Waals surface area (Å²) in [5, 5.41) is 0. The molecule has 10 heteroatoms. The Hall–Kier alpha value is -3.30. The maximum atomic E-state index is 13.8. The zero-order valence-corrected chi connectivity index (χ0v) is 16.8. The topological polar surface area (TPSA) is 55.8 Å². The third-order valence-electron chi connectivity index (χ3n) is 5.29. The van der Waals surface area contributed by atoms with Crippen molar-refractivity contribution in [3.63, 3.8) is 0 Å². The number of furan rings is 2. The molecule has 1 aromatic carbocycles. The number of ether oxygens (including phenoxy) is 1. The Kier molecular flexibility index (Phi) is 5.94. The van der Waals surface area contributed by atoms with Crippen molar-refractivity contribution in [2.24, 2.45) is 5.92 Å². The van der Waals surface area contributed by atoms with E-state index in [1.807, 2.05) is 6.07 Å². The predicted octanol–water partition coefficient (Wildman–Crippen LogP) is 5.30. The number of carbonyl (C=O) groups excluding carboxylic acids is 1. The highest BCUT2D eigenvalue weighted by molar-refractivity contribution is 5.77. The van der Waals surface area contributed by atoms with E-state index in [4.69, 9.17) is 13.6 Å². The first-order valence-corrected chi connectivity index (χ1v) is 9.79. The molecule has 1 saturated carbocycles. The molecule has 2 atom stereocenters. The lowest BCUT2D eigenvalue weighted by atomic mass is 10.2. The minimum Gasteiger partial charge on any atom is -0.477 e. The van der Waals surface area contributed by atoms with Crippen LogP contribution in [0.1, 0.15) is 36.5 Å². The Morgan fingerprint density at radius 1 is 1.00 bits per heavy atom. The van der Waals surface area contributed by atoms with Gasteiger partial charge in [0, 0.05) is 5.92 Å². The van der Waals surface area contributed by atoms with Crippen LogP contribution in [0.3, 0.4) is 0 Å². The molecular weight excluding hydrogens is 437 g/mol. The normalized spacial score (nSPS) is 17.4. The van der Waals surface area contributed by atoms with Crippen LogP contribution in [0.2, 0.25) is 0 Å². The molecule has 3 aromatic rings. The van der Waals surface area contributed by atoms with E-state index in [-0.39, 0.29) is 13.1 Å². The molecule has 2 aromatic heterocycles. The lowest BCUT2D eigenvalue weighted by Crippen LogP contribution is -2.34. The van der Waals surface area contributed by atoms with Crippen LogP contribution in [0.25, 0.3) is 0 Å². The van der Waals surface area contributed by atoms with Crippen LogP contribution in [-0.2, 0) is 17.9 Å². The Labute approximate surface area is 179 Å². The zero-order valence-electron chi connectivity index (χ0n) is 16.8. The molecule has 1 aliphatic rings. The maximum absolute atomic E-state index is 13.8. The molecule has 5 nitrogen and oxygen atoms in total. The molecule has 0 aliphatic heterocycles. The van der Waals surface area contributed by atoms with E-state index in [2.05, 4.69) is 6.92 Å². The van der Waals surface area contributed by atoms with Crippen LogP contribution in [0.15, 0.2) is 39.4 Å². The zero-order chi connectivity index (χ0) is 23.0. The fraction of sp³-hybridized carbons (Fsp3) is 0.318. The summed E-state index contributed by atoms with van der Waals surface area (Å²) in [5.41, 5.74) is 0. The molecule has 2 heterocycles. The summed E-state index contributed by atoms with van der Waals surface area (Å²) in [6.45, 7) is 1.09. The van der Waals surface area contributed by atoms with E-state index >= 15 is 0 Å². The van der Waals surface area contributed by atoms with Gasteiger partial charge in [-0.25, -0.2) is 13.2 Å². The van der Waals surface area contributed by atoms with Crippen LogP contribution in [0.4, 0.5) is 22.0 Å². The van der Waals surface area contributed by atoms with Crippen LogP contribution >= 0.6 is 0 Å². The van der Waals surface area contributed by atoms with Gasteiger partial charge in [0.15, 0.2) is 12.4 Å². The molecule has 2 unspecified atom stereocenters. The van der Waals surface area contributed by atoms with Crippen molar-refractivity contribution in [3.05, 3.63) is 76.9 Å². The molecule has 1 fully saturated rings. The number of amides is 1. The molecular formula is C22H18F5NO4. The third kappa shape index (κ3) is 4.35. The quantitative estimate of drug-likeness (QED) is 0.263. The van der Waals surface area contributed by atoms with Gasteiger partial charge in [0.2, 0.25) is 29.1 Å². The monoisotopic (exact) mass is 455 g/mol. The Bertz CT molecular complexity index is 1100. The van der Waals surface area contributed by atoms with E-state index in [1.165, 1.54) is 11.2 Å². The first kappa shape index (κ1) is 21.9. The van der Waals surface area contributed by atoms with Gasteiger partial charge >= 0.3 is 0 Å². The first-order valence-electron chi connectivity index (χ1n) is 9.79. The van der Waals surface area contributed by atoms with Gasteiger partial charge in [-0.2, -0.15) is 8.78 Å². The van der Waals surface area contributed by atoms with Crippen molar-refractivity contribution in [2.75, 3.05) is 6.61 Å². The summed E-state index contributed by atoms with van der Waals surface area (Å²) in [6.07, 6.45) is 2.42. The number of hydrogen-bond acceptors (Lipinski definition) is 4. The van der Waals surface area contributed by atoms with E-state index in [9.17, 15) is 26.7 Å². The standard InChI is InChI=1S/C22H18F5NO4/c1-11-7-14(11)15-5-4-13(32-15)9-28(8-12-3-2-6-30-12)16(29)10-31-22-20(26)18(24)17(23)19(25)21(22)27/h2-6,11,14H,7-10H2,1H3. The van der Waals surface area contributed by atoms with Gasteiger partial charge in [-0.05, 0) is 36.6 Å². The SMILES string of the molecule is CC1CC1c1ccc(CN(Cc2ccco2)C(=O)COc2c(F)c(F)c(F)c(F)c2F)o1. The third-order valence-corrected chi connectivity index (χ3v) is 5.29. The molecule has 0 N–H and O–H groups in total. The van der Waals surface area contributed by atoms with Crippen LogP contribution in [-0.4, -0.2) is 17.4 Å². The van der Waals surface area contributed by atoms with Gasteiger partial charge in [-0.15, -0.1) is 0 Å². The van der Waals surface area contributed by atoms with Crippen LogP contribution in [0.5, 0.6) is 5.75 Å². The molecule has 32 heavy (non-hydrogen) atoms. The van der Waals surface area contributed by atoms with Gasteiger partial charge in [0.05, 0.1) is 19.4 Å². The molecule has 4 rings (SSSR count). The van der Waals surface area contributed by atoms with E-state index in [0.29, 0.717) is 23.4 Å². The molecule has 1 amide bonds. The van der Waals surface area contributed by atoms with Gasteiger partial charge in [0.1, 0.15) is 17.3 Å². The minimum atomic E-state index is -2.31. The molecule has 0 bridgehead atoms. The summed E-state index contributed by atoms with van der Waals surface area (Å²) in [7, 11) is 0. The molecule has 1 aliphatic carbocycles. The average Bonchev–Trinajstić information content (AvgIpc) is 3.14. The number of nitrogens with zero attached hydrogens (tertiary/aromatic N) is 1. The Balaban J connectivity index is 1.50.